The molecule has 0 bridgehead atoms. The summed E-state index contributed by atoms with van der Waals surface area (Å²) in [5.41, 5.74) is 3.87. The van der Waals surface area contributed by atoms with Gasteiger partial charge in [0.05, 0.1) is 11.3 Å². The molecule has 0 radical (unpaired) electrons. The molecule has 0 unspecified atom stereocenters. The fraction of sp³-hybridized carbons (Fsp3) is 0.188. The Bertz CT molecular complexity index is 614. The summed E-state index contributed by atoms with van der Waals surface area (Å²) >= 11 is 1.59. The predicted octanol–water partition coefficient (Wildman–Crippen LogP) is 4.59. The Labute approximate surface area is 118 Å². The van der Waals surface area contributed by atoms with Crippen LogP contribution in [0.1, 0.15) is 18.1 Å². The Morgan fingerprint density at radius 2 is 2.00 bits per heavy atom. The first-order chi connectivity index (χ1) is 9.28. The maximum Gasteiger partial charge on any atom is 0.103 e. The lowest BCUT2D eigenvalue weighted by molar-refractivity contribution is 1.14. The molecule has 2 aromatic carbocycles. The van der Waals surface area contributed by atoms with Crippen molar-refractivity contribution in [2.75, 3.05) is 11.6 Å². The molecule has 0 aliphatic rings. The molecule has 1 N–H and O–H groups in total. The lowest BCUT2D eigenvalue weighted by Crippen LogP contribution is -1.95. The maximum absolute atomic E-state index is 9.31. The van der Waals surface area contributed by atoms with Crippen molar-refractivity contribution >= 4 is 23.1 Å². The fourth-order valence-corrected chi connectivity index (χ4v) is 2.52. The van der Waals surface area contributed by atoms with Crippen molar-refractivity contribution in [2.24, 2.45) is 0 Å². The molecule has 2 nitrogen and oxygen atoms in total. The average molecular weight is 268 g/mol. The third-order valence-corrected chi connectivity index (χ3v) is 3.75. The Balaban J connectivity index is 2.35. The average Bonchev–Trinajstić information content (AvgIpc) is 2.47. The van der Waals surface area contributed by atoms with Gasteiger partial charge in [-0.25, -0.2) is 0 Å². The van der Waals surface area contributed by atoms with Crippen LogP contribution >= 0.6 is 11.8 Å². The monoisotopic (exact) mass is 268 g/mol. The number of rotatable bonds is 4. The van der Waals surface area contributed by atoms with E-state index in [0.717, 1.165) is 22.7 Å². The minimum atomic E-state index is 0.705. The van der Waals surface area contributed by atoms with E-state index in [9.17, 15) is 5.26 Å². The zero-order chi connectivity index (χ0) is 13.7. The number of anilines is 2. The van der Waals surface area contributed by atoms with Crippen LogP contribution in [0.5, 0.6) is 0 Å². The molecule has 3 heteroatoms. The summed E-state index contributed by atoms with van der Waals surface area (Å²) in [6, 6.07) is 16.4. The first-order valence-electron chi connectivity index (χ1n) is 6.21. The maximum atomic E-state index is 9.31. The van der Waals surface area contributed by atoms with Crippen LogP contribution in [0.2, 0.25) is 0 Å². The zero-order valence-corrected chi connectivity index (χ0v) is 11.9. The van der Waals surface area contributed by atoms with Crippen LogP contribution in [0.15, 0.2) is 47.4 Å². The van der Waals surface area contributed by atoms with E-state index in [1.54, 1.807) is 11.8 Å². The van der Waals surface area contributed by atoms with Gasteiger partial charge in [0.1, 0.15) is 6.07 Å². The molecule has 0 aliphatic carbocycles. The van der Waals surface area contributed by atoms with Crippen LogP contribution in [-0.2, 0) is 6.42 Å². The van der Waals surface area contributed by atoms with Gasteiger partial charge in [0.15, 0.2) is 0 Å². The minimum Gasteiger partial charge on any atom is -0.354 e. The van der Waals surface area contributed by atoms with Crippen LogP contribution in [-0.4, -0.2) is 6.26 Å². The summed E-state index contributed by atoms with van der Waals surface area (Å²) < 4.78 is 0. The lowest BCUT2D eigenvalue weighted by Gasteiger charge is -2.11. The second-order valence-corrected chi connectivity index (χ2v) is 5.02. The molecule has 0 fully saturated rings. The summed E-state index contributed by atoms with van der Waals surface area (Å²) in [5.74, 6) is 0. The van der Waals surface area contributed by atoms with Crippen LogP contribution in [0.4, 0.5) is 11.4 Å². The van der Waals surface area contributed by atoms with E-state index in [-0.39, 0.29) is 0 Å². The van der Waals surface area contributed by atoms with E-state index in [2.05, 4.69) is 30.4 Å². The van der Waals surface area contributed by atoms with Gasteiger partial charge < -0.3 is 5.32 Å². The number of benzene rings is 2. The van der Waals surface area contributed by atoms with Crippen molar-refractivity contribution in [3.8, 4) is 6.07 Å². The molecule has 0 aliphatic heterocycles. The molecule has 0 spiro atoms. The summed E-state index contributed by atoms with van der Waals surface area (Å²) in [6.45, 7) is 2.13. The number of thioether (sulfide) groups is 1. The topological polar surface area (TPSA) is 35.8 Å². The van der Waals surface area contributed by atoms with Gasteiger partial charge in [-0.2, -0.15) is 5.26 Å². The second kappa shape index (κ2) is 6.31. The van der Waals surface area contributed by atoms with Gasteiger partial charge in [0, 0.05) is 10.6 Å². The summed E-state index contributed by atoms with van der Waals surface area (Å²) in [5, 5.41) is 12.6. The molecule has 0 aromatic heterocycles. The van der Waals surface area contributed by atoms with Gasteiger partial charge in [-0.15, -0.1) is 11.8 Å². The van der Waals surface area contributed by atoms with E-state index < -0.39 is 0 Å². The summed E-state index contributed by atoms with van der Waals surface area (Å²) in [4.78, 5) is 0.999. The first kappa shape index (κ1) is 13.5. The highest BCUT2D eigenvalue weighted by molar-refractivity contribution is 7.98. The molecule has 19 heavy (non-hydrogen) atoms. The summed E-state index contributed by atoms with van der Waals surface area (Å²) in [7, 11) is 0. The second-order valence-electron chi connectivity index (χ2n) is 4.17. The minimum absolute atomic E-state index is 0.705. The smallest absolute Gasteiger partial charge is 0.103 e. The van der Waals surface area contributed by atoms with Crippen LogP contribution in [0.25, 0.3) is 0 Å². The Morgan fingerprint density at radius 3 is 2.68 bits per heavy atom. The Kier molecular flexibility index (Phi) is 4.48. The van der Waals surface area contributed by atoms with Crippen molar-refractivity contribution in [3.05, 3.63) is 53.6 Å². The Hall–Kier alpha value is -1.92. The number of hydrogen-bond acceptors (Lipinski definition) is 3. The van der Waals surface area contributed by atoms with Crippen molar-refractivity contribution in [1.29, 1.82) is 5.26 Å². The van der Waals surface area contributed by atoms with Crippen molar-refractivity contribution < 1.29 is 0 Å². The van der Waals surface area contributed by atoms with E-state index in [1.165, 1.54) is 5.56 Å². The number of nitrogens with one attached hydrogen (secondary N) is 1. The van der Waals surface area contributed by atoms with Gasteiger partial charge in [-0.1, -0.05) is 25.1 Å². The van der Waals surface area contributed by atoms with Gasteiger partial charge in [0.2, 0.25) is 0 Å². The standard InChI is InChI=1S/C16H16N2S/c1-3-12-6-4-7-13(10-12)18-15-8-5-9-16(19-2)14(15)11-17/h4-10,18H,3H2,1-2H3. The van der Waals surface area contributed by atoms with Gasteiger partial charge >= 0.3 is 0 Å². The highest BCUT2D eigenvalue weighted by Crippen LogP contribution is 2.28. The number of nitrogens with zero attached hydrogens (tertiary/aromatic N) is 1. The van der Waals surface area contributed by atoms with Crippen molar-refractivity contribution in [3.63, 3.8) is 0 Å². The lowest BCUT2D eigenvalue weighted by atomic mass is 10.1. The van der Waals surface area contributed by atoms with Gasteiger partial charge in [0.25, 0.3) is 0 Å². The summed E-state index contributed by atoms with van der Waals surface area (Å²) in [6.07, 6.45) is 2.99. The molecule has 0 amide bonds. The Morgan fingerprint density at radius 1 is 1.21 bits per heavy atom. The molecule has 96 valence electrons. The third kappa shape index (κ3) is 3.10. The zero-order valence-electron chi connectivity index (χ0n) is 11.1. The van der Waals surface area contributed by atoms with E-state index >= 15 is 0 Å². The fourth-order valence-electron chi connectivity index (χ4n) is 1.95. The first-order valence-corrected chi connectivity index (χ1v) is 7.44. The largest absolute Gasteiger partial charge is 0.354 e. The number of hydrogen-bond donors (Lipinski definition) is 1. The quantitative estimate of drug-likeness (QED) is 0.824. The van der Waals surface area contributed by atoms with Crippen LogP contribution in [0, 0.1) is 11.3 Å². The van der Waals surface area contributed by atoms with E-state index in [4.69, 9.17) is 0 Å². The van der Waals surface area contributed by atoms with E-state index in [0.29, 0.717) is 5.56 Å². The molecule has 0 heterocycles. The third-order valence-electron chi connectivity index (χ3n) is 2.97. The van der Waals surface area contributed by atoms with Gasteiger partial charge in [-0.05, 0) is 42.5 Å². The number of aryl methyl sites for hydroxylation is 1. The SMILES string of the molecule is CCc1cccc(Nc2cccc(SC)c2C#N)c1. The molecule has 0 saturated heterocycles. The number of nitriles is 1. The molecular weight excluding hydrogens is 252 g/mol. The van der Waals surface area contributed by atoms with Crippen LogP contribution < -0.4 is 5.32 Å². The highest BCUT2D eigenvalue weighted by Gasteiger charge is 2.07. The van der Waals surface area contributed by atoms with Crippen molar-refractivity contribution in [2.45, 2.75) is 18.2 Å². The molecular formula is C16H16N2S. The highest BCUT2D eigenvalue weighted by atomic mass is 32.2. The predicted molar refractivity (Wildman–Crippen MR) is 82.0 cm³/mol. The molecule has 0 saturated carbocycles. The molecule has 0 atom stereocenters. The van der Waals surface area contributed by atoms with Crippen LogP contribution in [0.3, 0.4) is 0 Å². The van der Waals surface area contributed by atoms with Crippen molar-refractivity contribution in [1.82, 2.24) is 0 Å². The van der Waals surface area contributed by atoms with E-state index in [1.807, 2.05) is 36.6 Å². The normalized spacial score (nSPS) is 9.95. The molecule has 2 aromatic rings. The molecule has 2 rings (SSSR count). The van der Waals surface area contributed by atoms with Gasteiger partial charge in [-0.3, -0.25) is 0 Å².